The third-order valence-corrected chi connectivity index (χ3v) is 4.44. The van der Waals surface area contributed by atoms with Crippen molar-refractivity contribution in [2.24, 2.45) is 0 Å². The van der Waals surface area contributed by atoms with Crippen LogP contribution in [0, 0.1) is 6.92 Å². The van der Waals surface area contributed by atoms with Gasteiger partial charge in [-0.1, -0.05) is 0 Å². The van der Waals surface area contributed by atoms with Gasteiger partial charge in [-0.25, -0.2) is 4.98 Å². The molecule has 2 heterocycles. The molecule has 0 amide bonds. The van der Waals surface area contributed by atoms with E-state index in [4.69, 9.17) is 0 Å². The molecule has 0 spiro atoms. The van der Waals surface area contributed by atoms with Gasteiger partial charge in [-0.15, -0.1) is 0 Å². The van der Waals surface area contributed by atoms with E-state index in [-0.39, 0.29) is 5.75 Å². The summed E-state index contributed by atoms with van der Waals surface area (Å²) >= 11 is 1.37. The third-order valence-electron chi connectivity index (χ3n) is 3.70. The quantitative estimate of drug-likeness (QED) is 0.902. The molecule has 0 radical (unpaired) electrons. The molecule has 5 nitrogen and oxygen atoms in total. The number of aromatic nitrogens is 2. The lowest BCUT2D eigenvalue weighted by molar-refractivity contribution is -0.0498. The highest BCUT2D eigenvalue weighted by Gasteiger charge is 2.21. The molecule has 8 heteroatoms. The summed E-state index contributed by atoms with van der Waals surface area (Å²) in [5.41, 5.74) is 1.01. The van der Waals surface area contributed by atoms with E-state index in [2.05, 4.69) is 24.3 Å². The first-order valence-corrected chi connectivity index (χ1v) is 8.24. The maximum absolute atomic E-state index is 12.2. The van der Waals surface area contributed by atoms with Gasteiger partial charge in [-0.3, -0.25) is 0 Å². The zero-order valence-corrected chi connectivity index (χ0v) is 13.5. The maximum Gasteiger partial charge on any atom is 0.387 e. The monoisotopic (exact) mass is 340 g/mol. The summed E-state index contributed by atoms with van der Waals surface area (Å²) in [6, 6.07) is 7.08. The van der Waals surface area contributed by atoms with Crippen LogP contribution in [0.1, 0.15) is 18.7 Å². The summed E-state index contributed by atoms with van der Waals surface area (Å²) in [7, 11) is 0. The summed E-state index contributed by atoms with van der Waals surface area (Å²) < 4.78 is 32.9. The number of piperidine rings is 1. The van der Waals surface area contributed by atoms with Gasteiger partial charge in [-0.2, -0.15) is 13.2 Å². The van der Waals surface area contributed by atoms with Gasteiger partial charge in [-0.05, 0) is 44.0 Å². The van der Waals surface area contributed by atoms with Gasteiger partial charge >= 0.3 is 6.61 Å². The topological polar surface area (TPSA) is 50.3 Å². The Morgan fingerprint density at radius 2 is 2.13 bits per heavy atom. The van der Waals surface area contributed by atoms with Gasteiger partial charge in [0.2, 0.25) is 5.13 Å². The van der Waals surface area contributed by atoms with E-state index in [1.54, 1.807) is 12.1 Å². The molecule has 23 heavy (non-hydrogen) atoms. The van der Waals surface area contributed by atoms with E-state index in [9.17, 15) is 8.78 Å². The van der Waals surface area contributed by atoms with E-state index < -0.39 is 6.61 Å². The molecule has 1 atom stereocenters. The molecule has 2 aromatic rings. The first-order chi connectivity index (χ1) is 11.1. The number of alkyl halides is 2. The van der Waals surface area contributed by atoms with Crippen LogP contribution in [-0.4, -0.2) is 35.1 Å². The molecule has 1 unspecified atom stereocenters. The van der Waals surface area contributed by atoms with Crippen molar-refractivity contribution in [3.05, 3.63) is 30.1 Å². The minimum Gasteiger partial charge on any atom is -0.435 e. The van der Waals surface area contributed by atoms with Crippen LogP contribution in [0.4, 0.5) is 19.6 Å². The summed E-state index contributed by atoms with van der Waals surface area (Å²) in [4.78, 5) is 6.57. The van der Waals surface area contributed by atoms with Gasteiger partial charge in [0.1, 0.15) is 11.6 Å². The van der Waals surface area contributed by atoms with Crippen LogP contribution in [0.15, 0.2) is 24.3 Å². The van der Waals surface area contributed by atoms with Gasteiger partial charge in [0, 0.05) is 36.4 Å². The molecule has 1 aliphatic heterocycles. The summed E-state index contributed by atoms with van der Waals surface area (Å²) in [5, 5.41) is 4.26. The number of anilines is 2. The second kappa shape index (κ2) is 7.08. The zero-order valence-electron chi connectivity index (χ0n) is 12.7. The van der Waals surface area contributed by atoms with Gasteiger partial charge < -0.3 is 15.0 Å². The van der Waals surface area contributed by atoms with Crippen molar-refractivity contribution in [3.8, 4) is 5.75 Å². The van der Waals surface area contributed by atoms with E-state index in [1.165, 1.54) is 11.5 Å². The molecular weight excluding hydrogens is 322 g/mol. The van der Waals surface area contributed by atoms with Crippen molar-refractivity contribution in [1.82, 2.24) is 9.36 Å². The Morgan fingerprint density at radius 1 is 1.35 bits per heavy atom. The standard InChI is InChI=1S/C15H18F2N4OS/c1-10-18-15(23-20-10)19-11-3-2-8-21(9-11)12-4-6-13(7-5-12)22-14(16)17/h4-7,11,14H,2-3,8-9H2,1H3,(H,18,19,20). The van der Waals surface area contributed by atoms with Crippen LogP contribution in [0.3, 0.4) is 0 Å². The number of hydrogen-bond donors (Lipinski definition) is 1. The molecule has 1 aliphatic rings. The van der Waals surface area contributed by atoms with Crippen LogP contribution in [0.5, 0.6) is 5.75 Å². The lowest BCUT2D eigenvalue weighted by Gasteiger charge is -2.34. The van der Waals surface area contributed by atoms with Crippen LogP contribution in [0.2, 0.25) is 0 Å². The fourth-order valence-electron chi connectivity index (χ4n) is 2.70. The zero-order chi connectivity index (χ0) is 16.2. The van der Waals surface area contributed by atoms with Gasteiger partial charge in [0.25, 0.3) is 0 Å². The lowest BCUT2D eigenvalue weighted by Crippen LogP contribution is -2.42. The number of halogens is 2. The van der Waals surface area contributed by atoms with Gasteiger partial charge in [0.15, 0.2) is 0 Å². The third kappa shape index (κ3) is 4.28. The first kappa shape index (κ1) is 15.9. The van der Waals surface area contributed by atoms with E-state index in [0.29, 0.717) is 6.04 Å². The van der Waals surface area contributed by atoms with Crippen LogP contribution in [0.25, 0.3) is 0 Å². The molecule has 1 saturated heterocycles. The lowest BCUT2D eigenvalue weighted by atomic mass is 10.1. The molecule has 1 N–H and O–H groups in total. The summed E-state index contributed by atoms with van der Waals surface area (Å²) in [6.45, 7) is 0.869. The largest absolute Gasteiger partial charge is 0.435 e. The number of nitrogens with zero attached hydrogens (tertiary/aromatic N) is 3. The number of rotatable bonds is 5. The first-order valence-electron chi connectivity index (χ1n) is 7.47. The Bertz CT molecular complexity index is 635. The fraction of sp³-hybridized carbons (Fsp3) is 0.467. The van der Waals surface area contributed by atoms with E-state index in [0.717, 1.165) is 42.6 Å². The fourth-order valence-corrected chi connectivity index (χ4v) is 3.35. The number of aryl methyl sites for hydroxylation is 1. The van der Waals surface area contributed by atoms with Crippen LogP contribution < -0.4 is 15.0 Å². The number of ether oxygens (including phenoxy) is 1. The van der Waals surface area contributed by atoms with E-state index in [1.807, 2.05) is 19.1 Å². The predicted octanol–water partition coefficient (Wildman–Crippen LogP) is 3.53. The molecule has 0 saturated carbocycles. The molecule has 124 valence electrons. The number of hydrogen-bond acceptors (Lipinski definition) is 6. The van der Waals surface area contributed by atoms with Crippen molar-refractivity contribution >= 4 is 22.4 Å². The Morgan fingerprint density at radius 3 is 2.78 bits per heavy atom. The van der Waals surface area contributed by atoms with Crippen molar-refractivity contribution in [1.29, 1.82) is 0 Å². The summed E-state index contributed by atoms with van der Waals surface area (Å²) in [6.07, 6.45) is 2.13. The number of benzene rings is 1. The minimum absolute atomic E-state index is 0.180. The average molecular weight is 340 g/mol. The Hall–Kier alpha value is -1.96. The predicted molar refractivity (Wildman–Crippen MR) is 86.6 cm³/mol. The minimum atomic E-state index is -2.79. The molecule has 1 aromatic heterocycles. The summed E-state index contributed by atoms with van der Waals surface area (Å²) in [5.74, 6) is 0.958. The van der Waals surface area contributed by atoms with Crippen LogP contribution >= 0.6 is 11.5 Å². The highest BCUT2D eigenvalue weighted by molar-refractivity contribution is 7.09. The van der Waals surface area contributed by atoms with Crippen molar-refractivity contribution in [2.45, 2.75) is 32.4 Å². The second-order valence-electron chi connectivity index (χ2n) is 5.45. The molecule has 0 bridgehead atoms. The highest BCUT2D eigenvalue weighted by Crippen LogP contribution is 2.25. The molecular formula is C15H18F2N4OS. The maximum atomic E-state index is 12.2. The smallest absolute Gasteiger partial charge is 0.387 e. The second-order valence-corrected chi connectivity index (χ2v) is 6.20. The molecule has 3 rings (SSSR count). The van der Waals surface area contributed by atoms with Crippen molar-refractivity contribution in [2.75, 3.05) is 23.3 Å². The van der Waals surface area contributed by atoms with Crippen molar-refractivity contribution in [3.63, 3.8) is 0 Å². The SMILES string of the molecule is Cc1nsc(NC2CCCN(c3ccc(OC(F)F)cc3)C2)n1. The van der Waals surface area contributed by atoms with Gasteiger partial charge in [0.05, 0.1) is 0 Å². The molecule has 1 aromatic carbocycles. The Balaban J connectivity index is 1.61. The van der Waals surface area contributed by atoms with Crippen molar-refractivity contribution < 1.29 is 13.5 Å². The molecule has 0 aliphatic carbocycles. The van der Waals surface area contributed by atoms with E-state index >= 15 is 0 Å². The normalized spacial score (nSPS) is 18.3. The number of nitrogens with one attached hydrogen (secondary N) is 1. The highest BCUT2D eigenvalue weighted by atomic mass is 32.1. The Kier molecular flexibility index (Phi) is 4.90. The van der Waals surface area contributed by atoms with Crippen LogP contribution in [-0.2, 0) is 0 Å². The Labute approximate surface area is 137 Å². The average Bonchev–Trinajstić information content (AvgIpc) is 2.93. The molecule has 1 fully saturated rings.